The van der Waals surface area contributed by atoms with Gasteiger partial charge in [-0.3, -0.25) is 4.79 Å². The summed E-state index contributed by atoms with van der Waals surface area (Å²) in [5.74, 6) is 0.668. The monoisotopic (exact) mass is 306 g/mol. The number of rotatable bonds is 5. The van der Waals surface area contributed by atoms with Crippen LogP contribution < -0.4 is 20.9 Å². The van der Waals surface area contributed by atoms with Crippen molar-refractivity contribution in [2.45, 2.75) is 6.61 Å². The highest BCUT2D eigenvalue weighted by atomic mass is 35.5. The minimum atomic E-state index is -0.521. The van der Waals surface area contributed by atoms with Crippen molar-refractivity contribution >= 4 is 23.2 Å². The first-order valence-electron chi connectivity index (χ1n) is 6.16. The Kier molecular flexibility index (Phi) is 4.55. The zero-order valence-electron chi connectivity index (χ0n) is 11.4. The molecule has 0 radical (unpaired) electrons. The van der Waals surface area contributed by atoms with Gasteiger partial charge < -0.3 is 20.9 Å². The molecule has 0 bridgehead atoms. The fourth-order valence-electron chi connectivity index (χ4n) is 1.78. The third-order valence-corrected chi connectivity index (χ3v) is 3.28. The van der Waals surface area contributed by atoms with Crippen LogP contribution in [-0.2, 0) is 6.61 Å². The van der Waals surface area contributed by atoms with E-state index in [9.17, 15) is 4.79 Å². The van der Waals surface area contributed by atoms with Gasteiger partial charge in [0.05, 0.1) is 12.8 Å². The maximum Gasteiger partial charge on any atom is 0.248 e. The number of nitrogens with two attached hydrogens (primary N) is 2. The molecule has 0 unspecified atom stereocenters. The standard InChI is InChI=1S/C15H15ClN2O3/c1-20-14-5-4-11(7-13(14)17)21-8-10-3-2-9(15(18)19)6-12(10)16/h2-7H,8,17H2,1H3,(H2,18,19). The second kappa shape index (κ2) is 6.37. The Morgan fingerprint density at radius 1 is 1.24 bits per heavy atom. The molecule has 21 heavy (non-hydrogen) atoms. The molecular weight excluding hydrogens is 292 g/mol. The van der Waals surface area contributed by atoms with Crippen LogP contribution in [0.5, 0.6) is 11.5 Å². The molecule has 1 amide bonds. The smallest absolute Gasteiger partial charge is 0.248 e. The summed E-state index contributed by atoms with van der Waals surface area (Å²) in [6, 6.07) is 9.98. The Balaban J connectivity index is 2.09. The highest BCUT2D eigenvalue weighted by Gasteiger charge is 2.07. The zero-order valence-corrected chi connectivity index (χ0v) is 12.2. The molecule has 110 valence electrons. The molecule has 0 saturated carbocycles. The molecule has 0 atom stereocenters. The van der Waals surface area contributed by atoms with E-state index in [2.05, 4.69) is 0 Å². The number of ether oxygens (including phenoxy) is 2. The predicted molar refractivity (Wildman–Crippen MR) is 81.7 cm³/mol. The summed E-state index contributed by atoms with van der Waals surface area (Å²) in [6.07, 6.45) is 0. The molecule has 2 aromatic carbocycles. The van der Waals surface area contributed by atoms with Crippen LogP contribution in [0.2, 0.25) is 5.02 Å². The summed E-state index contributed by atoms with van der Waals surface area (Å²) in [5, 5.41) is 0.424. The second-order valence-corrected chi connectivity index (χ2v) is 4.77. The van der Waals surface area contributed by atoms with Crippen molar-refractivity contribution in [2.75, 3.05) is 12.8 Å². The molecule has 4 N–H and O–H groups in total. The van der Waals surface area contributed by atoms with Crippen LogP contribution in [-0.4, -0.2) is 13.0 Å². The van der Waals surface area contributed by atoms with E-state index in [1.54, 1.807) is 37.4 Å². The average molecular weight is 307 g/mol. The average Bonchev–Trinajstić information content (AvgIpc) is 2.46. The number of hydrogen-bond acceptors (Lipinski definition) is 4. The largest absolute Gasteiger partial charge is 0.495 e. The summed E-state index contributed by atoms with van der Waals surface area (Å²) in [6.45, 7) is 0.254. The number of amides is 1. The van der Waals surface area contributed by atoms with E-state index in [1.165, 1.54) is 6.07 Å². The SMILES string of the molecule is COc1ccc(OCc2ccc(C(N)=O)cc2Cl)cc1N. The molecular formula is C15H15ClN2O3. The Bertz CT molecular complexity index is 674. The highest BCUT2D eigenvalue weighted by Crippen LogP contribution is 2.27. The van der Waals surface area contributed by atoms with E-state index < -0.39 is 5.91 Å². The van der Waals surface area contributed by atoms with Crippen molar-refractivity contribution in [1.29, 1.82) is 0 Å². The molecule has 0 aliphatic heterocycles. The van der Waals surface area contributed by atoms with E-state index in [-0.39, 0.29) is 6.61 Å². The Morgan fingerprint density at radius 2 is 2.00 bits per heavy atom. The van der Waals surface area contributed by atoms with Crippen molar-refractivity contribution < 1.29 is 14.3 Å². The third-order valence-electron chi connectivity index (χ3n) is 2.93. The van der Waals surface area contributed by atoms with Crippen molar-refractivity contribution in [2.24, 2.45) is 5.73 Å². The number of benzene rings is 2. The van der Waals surface area contributed by atoms with Gasteiger partial charge in [0.1, 0.15) is 18.1 Å². The number of anilines is 1. The van der Waals surface area contributed by atoms with Crippen LogP contribution in [0, 0.1) is 0 Å². The van der Waals surface area contributed by atoms with Gasteiger partial charge in [-0.15, -0.1) is 0 Å². The lowest BCUT2D eigenvalue weighted by atomic mass is 10.1. The van der Waals surface area contributed by atoms with E-state index in [0.717, 1.165) is 5.56 Å². The Morgan fingerprint density at radius 3 is 2.57 bits per heavy atom. The number of methoxy groups -OCH3 is 1. The van der Waals surface area contributed by atoms with Gasteiger partial charge in [-0.05, 0) is 24.3 Å². The molecule has 6 heteroatoms. The predicted octanol–water partition coefficient (Wildman–Crippen LogP) is 2.61. The zero-order chi connectivity index (χ0) is 15.4. The molecule has 2 rings (SSSR count). The highest BCUT2D eigenvalue weighted by molar-refractivity contribution is 6.31. The third kappa shape index (κ3) is 3.58. The number of carbonyl (C=O) groups excluding carboxylic acids is 1. The number of primary amides is 1. The summed E-state index contributed by atoms with van der Waals surface area (Å²) >= 11 is 6.09. The number of halogens is 1. The normalized spacial score (nSPS) is 10.2. The Labute approximate surface area is 127 Å². The molecule has 0 aliphatic carbocycles. The molecule has 0 fully saturated rings. The molecule has 0 aromatic heterocycles. The lowest BCUT2D eigenvalue weighted by molar-refractivity contribution is 0.1000. The summed E-state index contributed by atoms with van der Waals surface area (Å²) in [4.78, 5) is 11.0. The van der Waals surface area contributed by atoms with E-state index in [0.29, 0.717) is 27.8 Å². The molecule has 2 aromatic rings. The van der Waals surface area contributed by atoms with Crippen LogP contribution in [0.25, 0.3) is 0 Å². The van der Waals surface area contributed by atoms with Crippen LogP contribution in [0.3, 0.4) is 0 Å². The summed E-state index contributed by atoms with van der Waals surface area (Å²) in [7, 11) is 1.55. The van der Waals surface area contributed by atoms with Crippen LogP contribution in [0.1, 0.15) is 15.9 Å². The van der Waals surface area contributed by atoms with Gasteiger partial charge in [-0.1, -0.05) is 17.7 Å². The fraction of sp³-hybridized carbons (Fsp3) is 0.133. The van der Waals surface area contributed by atoms with Crippen molar-refractivity contribution in [3.05, 3.63) is 52.5 Å². The second-order valence-electron chi connectivity index (χ2n) is 4.36. The number of carbonyl (C=O) groups is 1. The van der Waals surface area contributed by atoms with E-state index in [4.69, 9.17) is 32.5 Å². The maximum absolute atomic E-state index is 11.0. The molecule has 0 saturated heterocycles. The maximum atomic E-state index is 11.0. The van der Waals surface area contributed by atoms with Gasteiger partial charge in [-0.25, -0.2) is 0 Å². The summed E-state index contributed by atoms with van der Waals surface area (Å²) in [5.41, 5.74) is 12.6. The van der Waals surface area contributed by atoms with Crippen molar-refractivity contribution in [3.63, 3.8) is 0 Å². The molecule has 0 aliphatic rings. The van der Waals surface area contributed by atoms with Crippen LogP contribution >= 0.6 is 11.6 Å². The van der Waals surface area contributed by atoms with Gasteiger partial charge in [0.15, 0.2) is 0 Å². The van der Waals surface area contributed by atoms with E-state index in [1.807, 2.05) is 0 Å². The number of hydrogen-bond donors (Lipinski definition) is 2. The van der Waals surface area contributed by atoms with Gasteiger partial charge in [-0.2, -0.15) is 0 Å². The first kappa shape index (κ1) is 15.0. The minimum absolute atomic E-state index is 0.254. The lowest BCUT2D eigenvalue weighted by Crippen LogP contribution is -2.11. The number of nitrogen functional groups attached to an aromatic ring is 1. The quantitative estimate of drug-likeness (QED) is 0.831. The van der Waals surface area contributed by atoms with Gasteiger partial charge in [0.25, 0.3) is 0 Å². The molecule has 5 nitrogen and oxygen atoms in total. The topological polar surface area (TPSA) is 87.6 Å². The van der Waals surface area contributed by atoms with Crippen molar-refractivity contribution in [3.8, 4) is 11.5 Å². The summed E-state index contributed by atoms with van der Waals surface area (Å²) < 4.78 is 10.7. The molecule has 0 heterocycles. The first-order valence-corrected chi connectivity index (χ1v) is 6.53. The minimum Gasteiger partial charge on any atom is -0.495 e. The van der Waals surface area contributed by atoms with Gasteiger partial charge in [0, 0.05) is 22.2 Å². The van der Waals surface area contributed by atoms with Crippen LogP contribution in [0.4, 0.5) is 5.69 Å². The molecule has 0 spiro atoms. The van der Waals surface area contributed by atoms with E-state index >= 15 is 0 Å². The van der Waals surface area contributed by atoms with Crippen LogP contribution in [0.15, 0.2) is 36.4 Å². The Hall–Kier alpha value is -2.40. The lowest BCUT2D eigenvalue weighted by Gasteiger charge is -2.10. The van der Waals surface area contributed by atoms with Crippen molar-refractivity contribution in [1.82, 2.24) is 0 Å². The van der Waals surface area contributed by atoms with Gasteiger partial charge >= 0.3 is 0 Å². The fourth-order valence-corrected chi connectivity index (χ4v) is 2.02. The van der Waals surface area contributed by atoms with Gasteiger partial charge in [0.2, 0.25) is 5.91 Å². The first-order chi connectivity index (χ1) is 10.0.